The summed E-state index contributed by atoms with van der Waals surface area (Å²) >= 11 is 5.12. The lowest BCUT2D eigenvalue weighted by Gasteiger charge is -2.10. The standard InChI is InChI=1S/C17H16BrNO3S/c1-3-22-17(20)14-8-12-9-15(18)23-16(12)19(14)10-11-4-6-13(21-2)7-5-11/h4-9H,3,10H2,1-2H3. The molecular formula is C17H16BrNO3S. The van der Waals surface area contributed by atoms with Crippen molar-refractivity contribution in [3.8, 4) is 5.75 Å². The van der Waals surface area contributed by atoms with E-state index in [0.29, 0.717) is 18.8 Å². The molecule has 0 radical (unpaired) electrons. The van der Waals surface area contributed by atoms with Crippen LogP contribution in [0.15, 0.2) is 40.2 Å². The number of aromatic nitrogens is 1. The monoisotopic (exact) mass is 393 g/mol. The van der Waals surface area contributed by atoms with Crippen LogP contribution in [0.25, 0.3) is 10.2 Å². The molecule has 6 heteroatoms. The third-order valence-corrected chi connectivity index (χ3v) is 5.20. The second-order valence-electron chi connectivity index (χ2n) is 5.00. The van der Waals surface area contributed by atoms with E-state index in [2.05, 4.69) is 15.9 Å². The third-order valence-electron chi connectivity index (χ3n) is 3.52. The molecule has 1 aromatic carbocycles. The highest BCUT2D eigenvalue weighted by atomic mass is 79.9. The molecule has 4 nitrogen and oxygen atoms in total. The minimum Gasteiger partial charge on any atom is -0.497 e. The zero-order valence-electron chi connectivity index (χ0n) is 12.8. The highest BCUT2D eigenvalue weighted by Gasteiger charge is 2.18. The predicted octanol–water partition coefficient (Wildman–Crippen LogP) is 4.70. The van der Waals surface area contributed by atoms with E-state index >= 15 is 0 Å². The van der Waals surface area contributed by atoms with Crippen LogP contribution < -0.4 is 4.74 Å². The number of carbonyl (C=O) groups is 1. The van der Waals surface area contributed by atoms with Gasteiger partial charge in [-0.05, 0) is 52.7 Å². The number of nitrogens with zero attached hydrogens (tertiary/aromatic N) is 1. The number of hydrogen-bond acceptors (Lipinski definition) is 4. The summed E-state index contributed by atoms with van der Waals surface area (Å²) in [6.45, 7) is 2.78. The average Bonchev–Trinajstić information content (AvgIpc) is 3.06. The molecule has 120 valence electrons. The van der Waals surface area contributed by atoms with Gasteiger partial charge in [-0.25, -0.2) is 4.79 Å². The third kappa shape index (κ3) is 3.28. The maximum atomic E-state index is 12.2. The minimum absolute atomic E-state index is 0.291. The summed E-state index contributed by atoms with van der Waals surface area (Å²) in [5.74, 6) is 0.524. The van der Waals surface area contributed by atoms with Crippen molar-refractivity contribution in [2.75, 3.05) is 13.7 Å². The van der Waals surface area contributed by atoms with Crippen LogP contribution in [0.2, 0.25) is 0 Å². The van der Waals surface area contributed by atoms with Gasteiger partial charge in [-0.3, -0.25) is 0 Å². The largest absolute Gasteiger partial charge is 0.497 e. The number of carbonyl (C=O) groups excluding carboxylic acids is 1. The van der Waals surface area contributed by atoms with E-state index in [1.54, 1.807) is 18.4 Å². The summed E-state index contributed by atoms with van der Waals surface area (Å²) in [5, 5.41) is 1.04. The zero-order valence-corrected chi connectivity index (χ0v) is 15.2. The number of thiophene rings is 1. The molecule has 0 atom stereocenters. The van der Waals surface area contributed by atoms with Crippen molar-refractivity contribution in [2.45, 2.75) is 13.5 Å². The molecular weight excluding hydrogens is 378 g/mol. The number of fused-ring (bicyclic) bond motifs is 1. The van der Waals surface area contributed by atoms with E-state index < -0.39 is 0 Å². The molecule has 0 fully saturated rings. The van der Waals surface area contributed by atoms with Gasteiger partial charge < -0.3 is 14.0 Å². The van der Waals surface area contributed by atoms with Crippen molar-refractivity contribution < 1.29 is 14.3 Å². The normalized spacial score (nSPS) is 10.9. The van der Waals surface area contributed by atoms with Gasteiger partial charge >= 0.3 is 5.97 Å². The predicted molar refractivity (Wildman–Crippen MR) is 95.6 cm³/mol. The van der Waals surface area contributed by atoms with E-state index in [0.717, 1.165) is 25.3 Å². The Labute approximate surface area is 146 Å². The Balaban J connectivity index is 2.01. The van der Waals surface area contributed by atoms with E-state index in [1.165, 1.54) is 0 Å². The number of benzene rings is 1. The maximum Gasteiger partial charge on any atom is 0.355 e. The van der Waals surface area contributed by atoms with Gasteiger partial charge in [-0.15, -0.1) is 11.3 Å². The fourth-order valence-corrected chi connectivity index (χ4v) is 4.04. The van der Waals surface area contributed by atoms with E-state index in [-0.39, 0.29) is 5.97 Å². The summed E-state index contributed by atoms with van der Waals surface area (Å²) in [6, 6.07) is 11.8. The highest BCUT2D eigenvalue weighted by Crippen LogP contribution is 2.33. The first-order chi connectivity index (χ1) is 11.1. The Kier molecular flexibility index (Phi) is 4.73. The SMILES string of the molecule is CCOC(=O)c1cc2cc(Br)sc2n1Cc1ccc(OC)cc1. The van der Waals surface area contributed by atoms with Gasteiger partial charge in [-0.2, -0.15) is 0 Å². The number of rotatable bonds is 5. The Hall–Kier alpha value is -1.79. The summed E-state index contributed by atoms with van der Waals surface area (Å²) in [5.41, 5.74) is 1.68. The van der Waals surface area contributed by atoms with Crippen LogP contribution in [0, 0.1) is 0 Å². The summed E-state index contributed by atoms with van der Waals surface area (Å²) in [4.78, 5) is 13.3. The van der Waals surface area contributed by atoms with Crippen molar-refractivity contribution >= 4 is 43.5 Å². The molecule has 0 N–H and O–H groups in total. The van der Waals surface area contributed by atoms with Gasteiger partial charge in [0.1, 0.15) is 16.3 Å². The number of halogens is 1. The van der Waals surface area contributed by atoms with Gasteiger partial charge in [0.05, 0.1) is 17.5 Å². The topological polar surface area (TPSA) is 40.5 Å². The highest BCUT2D eigenvalue weighted by molar-refractivity contribution is 9.11. The molecule has 0 saturated carbocycles. The van der Waals surface area contributed by atoms with Crippen molar-refractivity contribution in [1.29, 1.82) is 0 Å². The Morgan fingerprint density at radius 2 is 2.00 bits per heavy atom. The molecule has 2 heterocycles. The summed E-state index contributed by atoms with van der Waals surface area (Å²) in [6.07, 6.45) is 0. The number of hydrogen-bond donors (Lipinski definition) is 0. The lowest BCUT2D eigenvalue weighted by Crippen LogP contribution is -2.12. The van der Waals surface area contributed by atoms with Crippen molar-refractivity contribution in [2.24, 2.45) is 0 Å². The van der Waals surface area contributed by atoms with Gasteiger partial charge in [0.15, 0.2) is 0 Å². The maximum absolute atomic E-state index is 12.2. The first kappa shape index (κ1) is 16.1. The smallest absolute Gasteiger partial charge is 0.355 e. The van der Waals surface area contributed by atoms with E-state index in [4.69, 9.17) is 9.47 Å². The van der Waals surface area contributed by atoms with Crippen LogP contribution in [0.4, 0.5) is 0 Å². The molecule has 0 bridgehead atoms. The lowest BCUT2D eigenvalue weighted by molar-refractivity contribution is 0.0515. The minimum atomic E-state index is -0.291. The van der Waals surface area contributed by atoms with Crippen molar-refractivity contribution in [3.63, 3.8) is 0 Å². The molecule has 0 aliphatic heterocycles. The van der Waals surface area contributed by atoms with Crippen LogP contribution in [-0.2, 0) is 11.3 Å². The van der Waals surface area contributed by atoms with Crippen LogP contribution in [0.1, 0.15) is 23.0 Å². The molecule has 0 amide bonds. The van der Waals surface area contributed by atoms with Crippen LogP contribution >= 0.6 is 27.3 Å². The van der Waals surface area contributed by atoms with E-state index in [9.17, 15) is 4.79 Å². The average molecular weight is 394 g/mol. The van der Waals surface area contributed by atoms with Gasteiger partial charge in [0.2, 0.25) is 0 Å². The molecule has 0 aliphatic carbocycles. The zero-order chi connectivity index (χ0) is 16.4. The molecule has 3 rings (SSSR count). The Morgan fingerprint density at radius 1 is 1.26 bits per heavy atom. The van der Waals surface area contributed by atoms with Gasteiger partial charge in [0, 0.05) is 11.9 Å². The van der Waals surface area contributed by atoms with E-state index in [1.807, 2.05) is 47.9 Å². The first-order valence-electron chi connectivity index (χ1n) is 7.21. The number of esters is 1. The molecule has 23 heavy (non-hydrogen) atoms. The number of ether oxygens (including phenoxy) is 2. The Morgan fingerprint density at radius 3 is 2.65 bits per heavy atom. The molecule has 0 spiro atoms. The molecule has 0 saturated heterocycles. The van der Waals surface area contributed by atoms with Gasteiger partial charge in [0.25, 0.3) is 0 Å². The second kappa shape index (κ2) is 6.76. The van der Waals surface area contributed by atoms with Crippen LogP contribution in [-0.4, -0.2) is 24.3 Å². The first-order valence-corrected chi connectivity index (χ1v) is 8.82. The quantitative estimate of drug-likeness (QED) is 0.589. The van der Waals surface area contributed by atoms with Crippen LogP contribution in [0.3, 0.4) is 0 Å². The van der Waals surface area contributed by atoms with Crippen molar-refractivity contribution in [1.82, 2.24) is 4.57 Å². The van der Waals surface area contributed by atoms with Crippen molar-refractivity contribution in [3.05, 3.63) is 51.4 Å². The summed E-state index contributed by atoms with van der Waals surface area (Å²) in [7, 11) is 1.65. The summed E-state index contributed by atoms with van der Waals surface area (Å²) < 4.78 is 13.4. The second-order valence-corrected chi connectivity index (χ2v) is 7.41. The fraction of sp³-hybridized carbons (Fsp3) is 0.235. The van der Waals surface area contributed by atoms with Gasteiger partial charge in [-0.1, -0.05) is 12.1 Å². The number of methoxy groups -OCH3 is 1. The lowest BCUT2D eigenvalue weighted by atomic mass is 10.2. The Bertz CT molecular complexity index is 836. The molecule has 3 aromatic rings. The molecule has 0 unspecified atom stereocenters. The molecule has 0 aliphatic rings. The fourth-order valence-electron chi connectivity index (χ4n) is 2.46. The molecule has 2 aromatic heterocycles. The van der Waals surface area contributed by atoms with Crippen LogP contribution in [0.5, 0.6) is 5.75 Å².